The number of carboxylic acid groups (broad SMARTS) is 1. The lowest BCUT2D eigenvalue weighted by molar-refractivity contribution is -0.140. The van der Waals surface area contributed by atoms with E-state index in [0.29, 0.717) is 19.5 Å². The van der Waals surface area contributed by atoms with Crippen LogP contribution in [0.5, 0.6) is 0 Å². The molecule has 7 nitrogen and oxygen atoms in total. The molecule has 0 aromatic carbocycles. The fourth-order valence-electron chi connectivity index (χ4n) is 1.67. The van der Waals surface area contributed by atoms with E-state index in [2.05, 4.69) is 5.43 Å². The van der Waals surface area contributed by atoms with Crippen molar-refractivity contribution in [3.63, 3.8) is 0 Å². The molecule has 7 heteroatoms. The molecule has 1 unspecified atom stereocenters. The van der Waals surface area contributed by atoms with Gasteiger partial charge in [-0.25, -0.2) is 10.4 Å². The van der Waals surface area contributed by atoms with Crippen LogP contribution in [0.1, 0.15) is 32.6 Å². The molecule has 108 valence electrons. The summed E-state index contributed by atoms with van der Waals surface area (Å²) in [5.41, 5.74) is 14.0. The molecule has 0 rings (SSSR count). The van der Waals surface area contributed by atoms with Crippen molar-refractivity contribution in [3.8, 4) is 0 Å². The Morgan fingerprint density at radius 1 is 1.50 bits per heavy atom. The number of aliphatic hydroxyl groups is 1. The molecule has 0 spiro atoms. The van der Waals surface area contributed by atoms with Crippen LogP contribution < -0.4 is 16.9 Å². The minimum absolute atomic E-state index is 0.135. The van der Waals surface area contributed by atoms with Crippen molar-refractivity contribution in [2.24, 2.45) is 11.5 Å². The van der Waals surface area contributed by atoms with Crippen molar-refractivity contribution >= 4 is 5.97 Å². The summed E-state index contributed by atoms with van der Waals surface area (Å²) in [5, 5.41) is 20.0. The van der Waals surface area contributed by atoms with Gasteiger partial charge in [0, 0.05) is 19.0 Å². The lowest BCUT2D eigenvalue weighted by atomic mass is 10.1. The molecule has 0 aliphatic heterocycles. The van der Waals surface area contributed by atoms with Crippen LogP contribution in [0.15, 0.2) is 0 Å². The topological polar surface area (TPSA) is 125 Å². The molecule has 0 bridgehead atoms. The van der Waals surface area contributed by atoms with E-state index in [1.807, 2.05) is 6.92 Å². The molecule has 0 amide bonds. The number of hydrogen-bond donors (Lipinski definition) is 5. The molecular weight excluding hydrogens is 236 g/mol. The largest absolute Gasteiger partial charge is 0.480 e. The SMILES string of the molecule is CCCN(CC(=O)O)NC(O)C[C@@H](N)CCCN. The molecule has 0 heterocycles. The maximum Gasteiger partial charge on any atom is 0.319 e. The van der Waals surface area contributed by atoms with Gasteiger partial charge in [0.15, 0.2) is 0 Å². The Bertz CT molecular complexity index is 228. The first-order valence-electron chi connectivity index (χ1n) is 6.36. The summed E-state index contributed by atoms with van der Waals surface area (Å²) < 4.78 is 0. The highest BCUT2D eigenvalue weighted by Crippen LogP contribution is 2.01. The Balaban J connectivity index is 3.99. The Labute approximate surface area is 108 Å². The maximum absolute atomic E-state index is 10.6. The number of carboxylic acids is 1. The third kappa shape index (κ3) is 9.32. The van der Waals surface area contributed by atoms with Crippen molar-refractivity contribution in [2.45, 2.75) is 44.9 Å². The van der Waals surface area contributed by atoms with Gasteiger partial charge in [-0.3, -0.25) is 4.79 Å². The van der Waals surface area contributed by atoms with Crippen LogP contribution in [-0.4, -0.2) is 53.1 Å². The van der Waals surface area contributed by atoms with E-state index in [1.54, 1.807) is 0 Å². The normalized spacial score (nSPS) is 14.7. The van der Waals surface area contributed by atoms with E-state index in [9.17, 15) is 9.90 Å². The predicted molar refractivity (Wildman–Crippen MR) is 69.5 cm³/mol. The molecule has 0 fully saturated rings. The van der Waals surface area contributed by atoms with Crippen LogP contribution in [0.3, 0.4) is 0 Å². The zero-order valence-electron chi connectivity index (χ0n) is 11.0. The monoisotopic (exact) mass is 262 g/mol. The fourth-order valence-corrected chi connectivity index (χ4v) is 1.67. The van der Waals surface area contributed by atoms with Crippen LogP contribution in [0.4, 0.5) is 0 Å². The highest BCUT2D eigenvalue weighted by atomic mass is 16.4. The van der Waals surface area contributed by atoms with Crippen LogP contribution in [0.2, 0.25) is 0 Å². The van der Waals surface area contributed by atoms with Gasteiger partial charge in [0.1, 0.15) is 12.8 Å². The van der Waals surface area contributed by atoms with E-state index in [1.165, 1.54) is 5.01 Å². The van der Waals surface area contributed by atoms with Gasteiger partial charge in [0.25, 0.3) is 0 Å². The molecule has 7 N–H and O–H groups in total. The van der Waals surface area contributed by atoms with Crippen molar-refractivity contribution in [2.75, 3.05) is 19.6 Å². The molecule has 0 aromatic heterocycles. The standard InChI is InChI=1S/C11H26N4O3/c1-2-6-15(8-11(17)18)14-10(16)7-9(13)4-3-5-12/h9-10,14,16H,2-8,12-13H2,1H3,(H,17,18)/t9-,10?/m0/s1. The van der Waals surface area contributed by atoms with E-state index >= 15 is 0 Å². The third-order valence-electron chi connectivity index (χ3n) is 2.46. The van der Waals surface area contributed by atoms with Crippen LogP contribution in [0.25, 0.3) is 0 Å². The number of hydrogen-bond acceptors (Lipinski definition) is 6. The third-order valence-corrected chi connectivity index (χ3v) is 2.46. The molecule has 0 aliphatic carbocycles. The summed E-state index contributed by atoms with van der Waals surface area (Å²) in [6.07, 6.45) is 1.92. The van der Waals surface area contributed by atoms with E-state index in [0.717, 1.165) is 19.3 Å². The quantitative estimate of drug-likeness (QED) is 0.240. The first kappa shape index (κ1) is 17.3. The van der Waals surface area contributed by atoms with Gasteiger partial charge in [-0.1, -0.05) is 6.92 Å². The van der Waals surface area contributed by atoms with Crippen molar-refractivity contribution < 1.29 is 15.0 Å². The summed E-state index contributed by atoms with van der Waals surface area (Å²) in [6, 6.07) is -0.135. The van der Waals surface area contributed by atoms with Crippen molar-refractivity contribution in [1.82, 2.24) is 10.4 Å². The summed E-state index contributed by atoms with van der Waals surface area (Å²) in [4.78, 5) is 10.6. The number of aliphatic hydroxyl groups excluding tert-OH is 1. The maximum atomic E-state index is 10.6. The minimum atomic E-state index is -0.935. The number of aliphatic carboxylic acids is 1. The number of carbonyl (C=O) groups is 1. The Hall–Kier alpha value is -0.730. The summed E-state index contributed by atoms with van der Waals surface area (Å²) in [6.45, 7) is 2.93. The van der Waals surface area contributed by atoms with Gasteiger partial charge in [0.05, 0.1) is 0 Å². The minimum Gasteiger partial charge on any atom is -0.480 e. The van der Waals surface area contributed by atoms with Crippen LogP contribution in [-0.2, 0) is 4.79 Å². The molecule has 18 heavy (non-hydrogen) atoms. The fraction of sp³-hybridized carbons (Fsp3) is 0.909. The second kappa shape index (κ2) is 10.2. The zero-order chi connectivity index (χ0) is 14.0. The molecule has 0 aliphatic rings. The van der Waals surface area contributed by atoms with Crippen molar-refractivity contribution in [1.29, 1.82) is 0 Å². The predicted octanol–water partition coefficient (Wildman–Crippen LogP) is -0.938. The second-order valence-electron chi connectivity index (χ2n) is 4.39. The van der Waals surface area contributed by atoms with Gasteiger partial charge in [-0.05, 0) is 25.8 Å². The first-order valence-corrected chi connectivity index (χ1v) is 6.36. The van der Waals surface area contributed by atoms with Gasteiger partial charge in [-0.15, -0.1) is 0 Å². The average Bonchev–Trinajstić information content (AvgIpc) is 2.25. The number of nitrogens with two attached hydrogens (primary N) is 2. The number of rotatable bonds is 11. The van der Waals surface area contributed by atoms with E-state index in [4.69, 9.17) is 16.6 Å². The molecular formula is C11H26N4O3. The van der Waals surface area contributed by atoms with Crippen molar-refractivity contribution in [3.05, 3.63) is 0 Å². The van der Waals surface area contributed by atoms with E-state index in [-0.39, 0.29) is 12.6 Å². The molecule has 0 aromatic rings. The Morgan fingerprint density at radius 3 is 2.67 bits per heavy atom. The molecule has 2 atom stereocenters. The number of nitrogens with zero attached hydrogens (tertiary/aromatic N) is 1. The van der Waals surface area contributed by atoms with Gasteiger partial charge in [0.2, 0.25) is 0 Å². The lowest BCUT2D eigenvalue weighted by Crippen LogP contribution is -2.49. The summed E-state index contributed by atoms with van der Waals surface area (Å²) in [5.74, 6) is -0.935. The van der Waals surface area contributed by atoms with Crippen LogP contribution in [0, 0.1) is 0 Å². The first-order chi connectivity index (χ1) is 8.49. The number of nitrogens with one attached hydrogen (secondary N) is 1. The highest BCUT2D eigenvalue weighted by Gasteiger charge is 2.15. The smallest absolute Gasteiger partial charge is 0.319 e. The van der Waals surface area contributed by atoms with Gasteiger partial charge < -0.3 is 21.7 Å². The zero-order valence-corrected chi connectivity index (χ0v) is 11.0. The Morgan fingerprint density at radius 2 is 2.17 bits per heavy atom. The van der Waals surface area contributed by atoms with Gasteiger partial charge in [-0.2, -0.15) is 0 Å². The second-order valence-corrected chi connectivity index (χ2v) is 4.39. The molecule has 0 saturated carbocycles. The molecule has 0 radical (unpaired) electrons. The highest BCUT2D eigenvalue weighted by molar-refractivity contribution is 5.68. The average molecular weight is 262 g/mol. The number of hydrazine groups is 1. The van der Waals surface area contributed by atoms with Crippen LogP contribution >= 0.6 is 0 Å². The van der Waals surface area contributed by atoms with Gasteiger partial charge >= 0.3 is 5.97 Å². The molecule has 0 saturated heterocycles. The lowest BCUT2D eigenvalue weighted by Gasteiger charge is -2.26. The van der Waals surface area contributed by atoms with E-state index < -0.39 is 12.2 Å². The summed E-state index contributed by atoms with van der Waals surface area (Å²) in [7, 11) is 0. The Kier molecular flexibility index (Phi) is 9.80. The summed E-state index contributed by atoms with van der Waals surface area (Å²) >= 11 is 0.